The van der Waals surface area contributed by atoms with Crippen LogP contribution in [0.25, 0.3) is 0 Å². The number of benzene rings is 2. The normalized spacial score (nSPS) is 15.8. The molecular formula is C21H26FN3O. The topological polar surface area (TPSA) is 35.6 Å². The molecule has 1 heterocycles. The first-order valence-electron chi connectivity index (χ1n) is 9.06. The first-order valence-corrected chi connectivity index (χ1v) is 9.06. The predicted octanol–water partition coefficient (Wildman–Crippen LogP) is 3.20. The first-order chi connectivity index (χ1) is 12.5. The van der Waals surface area contributed by atoms with Crippen LogP contribution in [-0.2, 0) is 11.3 Å². The van der Waals surface area contributed by atoms with Crippen LogP contribution in [-0.4, -0.2) is 48.4 Å². The lowest BCUT2D eigenvalue weighted by Gasteiger charge is -2.34. The quantitative estimate of drug-likeness (QED) is 0.895. The molecule has 5 heteroatoms. The highest BCUT2D eigenvalue weighted by molar-refractivity contribution is 5.93. The van der Waals surface area contributed by atoms with E-state index in [1.54, 1.807) is 0 Å². The zero-order valence-corrected chi connectivity index (χ0v) is 15.5. The van der Waals surface area contributed by atoms with Crippen molar-refractivity contribution in [3.8, 4) is 0 Å². The largest absolute Gasteiger partial charge is 0.325 e. The van der Waals surface area contributed by atoms with Crippen molar-refractivity contribution in [2.24, 2.45) is 0 Å². The van der Waals surface area contributed by atoms with Gasteiger partial charge in [-0.3, -0.25) is 14.6 Å². The van der Waals surface area contributed by atoms with Crippen LogP contribution in [0.5, 0.6) is 0 Å². The second kappa shape index (κ2) is 8.43. The molecule has 2 aromatic rings. The Morgan fingerprint density at radius 1 is 1.00 bits per heavy atom. The van der Waals surface area contributed by atoms with Crippen LogP contribution in [0.4, 0.5) is 10.1 Å². The zero-order valence-electron chi connectivity index (χ0n) is 15.5. The highest BCUT2D eigenvalue weighted by Crippen LogP contribution is 2.16. The van der Waals surface area contributed by atoms with Gasteiger partial charge in [-0.2, -0.15) is 0 Å². The van der Waals surface area contributed by atoms with Crippen molar-refractivity contribution in [1.82, 2.24) is 9.80 Å². The lowest BCUT2D eigenvalue weighted by atomic mass is 10.1. The van der Waals surface area contributed by atoms with Crippen molar-refractivity contribution in [3.05, 3.63) is 65.0 Å². The Kier molecular flexibility index (Phi) is 6.01. The van der Waals surface area contributed by atoms with Crippen molar-refractivity contribution in [2.45, 2.75) is 20.4 Å². The number of rotatable bonds is 5. The fourth-order valence-corrected chi connectivity index (χ4v) is 3.30. The molecule has 2 aromatic carbocycles. The number of aryl methyl sites for hydroxylation is 2. The fourth-order valence-electron chi connectivity index (χ4n) is 3.30. The molecule has 3 rings (SSSR count). The highest BCUT2D eigenvalue weighted by atomic mass is 19.1. The number of hydrogen-bond donors (Lipinski definition) is 1. The molecule has 0 radical (unpaired) electrons. The monoisotopic (exact) mass is 355 g/mol. The zero-order chi connectivity index (χ0) is 18.5. The number of anilines is 1. The molecule has 0 atom stereocenters. The maximum atomic E-state index is 13.0. The molecule has 0 aromatic heterocycles. The number of carbonyl (C=O) groups excluding carboxylic acids is 1. The molecule has 26 heavy (non-hydrogen) atoms. The third-order valence-corrected chi connectivity index (χ3v) is 4.81. The molecule has 0 spiro atoms. The van der Waals surface area contributed by atoms with Gasteiger partial charge in [0.25, 0.3) is 0 Å². The lowest BCUT2D eigenvalue weighted by molar-refractivity contribution is -0.117. The molecule has 1 saturated heterocycles. The van der Waals surface area contributed by atoms with Gasteiger partial charge in [0.1, 0.15) is 5.82 Å². The summed E-state index contributed by atoms with van der Waals surface area (Å²) in [5.74, 6) is -0.169. The number of halogens is 1. The molecule has 138 valence electrons. The lowest BCUT2D eigenvalue weighted by Crippen LogP contribution is -2.48. The maximum absolute atomic E-state index is 13.0. The minimum Gasteiger partial charge on any atom is -0.325 e. The molecule has 1 amide bonds. The summed E-state index contributed by atoms with van der Waals surface area (Å²) in [6.07, 6.45) is 0. The van der Waals surface area contributed by atoms with Gasteiger partial charge in [-0.15, -0.1) is 0 Å². The number of carbonyl (C=O) groups is 1. The van der Waals surface area contributed by atoms with Gasteiger partial charge in [0.15, 0.2) is 0 Å². The Bertz CT molecular complexity index is 752. The summed E-state index contributed by atoms with van der Waals surface area (Å²) >= 11 is 0. The third-order valence-electron chi connectivity index (χ3n) is 4.81. The van der Waals surface area contributed by atoms with Gasteiger partial charge in [0, 0.05) is 38.4 Å². The van der Waals surface area contributed by atoms with Crippen LogP contribution in [0, 0.1) is 19.7 Å². The van der Waals surface area contributed by atoms with Crippen LogP contribution in [0.3, 0.4) is 0 Å². The van der Waals surface area contributed by atoms with E-state index >= 15 is 0 Å². The van der Waals surface area contributed by atoms with E-state index in [-0.39, 0.29) is 11.7 Å². The standard InChI is InChI=1S/C21H26FN3O/c1-16-3-8-20(17(2)13-16)23-21(26)15-25-11-9-24(10-12-25)14-18-4-6-19(22)7-5-18/h3-8,13H,9-12,14-15H2,1-2H3,(H,23,26). The number of piperazine rings is 1. The van der Waals surface area contributed by atoms with E-state index in [4.69, 9.17) is 0 Å². The summed E-state index contributed by atoms with van der Waals surface area (Å²) in [6, 6.07) is 12.7. The Morgan fingerprint density at radius 2 is 1.65 bits per heavy atom. The van der Waals surface area contributed by atoms with E-state index in [1.807, 2.05) is 38.1 Å². The van der Waals surface area contributed by atoms with Crippen molar-refractivity contribution >= 4 is 11.6 Å². The van der Waals surface area contributed by atoms with Crippen LogP contribution in [0.1, 0.15) is 16.7 Å². The van der Waals surface area contributed by atoms with Crippen molar-refractivity contribution in [2.75, 3.05) is 38.0 Å². The average molecular weight is 355 g/mol. The van der Waals surface area contributed by atoms with Crippen molar-refractivity contribution in [1.29, 1.82) is 0 Å². The average Bonchev–Trinajstić information content (AvgIpc) is 2.61. The summed E-state index contributed by atoms with van der Waals surface area (Å²) in [7, 11) is 0. The molecule has 4 nitrogen and oxygen atoms in total. The maximum Gasteiger partial charge on any atom is 0.238 e. The summed E-state index contributed by atoms with van der Waals surface area (Å²) in [5, 5.41) is 3.01. The van der Waals surface area contributed by atoms with E-state index in [9.17, 15) is 9.18 Å². The molecule has 1 aliphatic heterocycles. The van der Waals surface area contributed by atoms with Crippen molar-refractivity contribution in [3.63, 3.8) is 0 Å². The van der Waals surface area contributed by atoms with Crippen LogP contribution < -0.4 is 5.32 Å². The SMILES string of the molecule is Cc1ccc(NC(=O)CN2CCN(Cc3ccc(F)cc3)CC2)c(C)c1. The molecule has 0 saturated carbocycles. The number of nitrogens with zero attached hydrogens (tertiary/aromatic N) is 2. The van der Waals surface area contributed by atoms with E-state index < -0.39 is 0 Å². The van der Waals surface area contributed by atoms with Gasteiger partial charge in [-0.05, 0) is 43.2 Å². The minimum absolute atomic E-state index is 0.0314. The molecule has 1 aliphatic rings. The fraction of sp³-hybridized carbons (Fsp3) is 0.381. The summed E-state index contributed by atoms with van der Waals surface area (Å²) in [5.41, 5.74) is 4.28. The van der Waals surface area contributed by atoms with Crippen LogP contribution >= 0.6 is 0 Å². The van der Waals surface area contributed by atoms with Gasteiger partial charge in [0.2, 0.25) is 5.91 Å². The Labute approximate surface area is 154 Å². The molecule has 1 fully saturated rings. The molecule has 0 unspecified atom stereocenters. The van der Waals surface area contributed by atoms with E-state index in [2.05, 4.69) is 21.2 Å². The highest BCUT2D eigenvalue weighted by Gasteiger charge is 2.19. The number of nitrogens with one attached hydrogen (secondary N) is 1. The van der Waals surface area contributed by atoms with Gasteiger partial charge >= 0.3 is 0 Å². The molecule has 0 bridgehead atoms. The van der Waals surface area contributed by atoms with E-state index in [1.165, 1.54) is 17.7 Å². The molecule has 1 N–H and O–H groups in total. The van der Waals surface area contributed by atoms with E-state index in [0.717, 1.165) is 49.5 Å². The van der Waals surface area contributed by atoms with Gasteiger partial charge < -0.3 is 5.32 Å². The molecular weight excluding hydrogens is 329 g/mol. The second-order valence-corrected chi connectivity index (χ2v) is 7.05. The van der Waals surface area contributed by atoms with Crippen LogP contribution in [0.2, 0.25) is 0 Å². The number of amides is 1. The molecule has 0 aliphatic carbocycles. The predicted molar refractivity (Wildman–Crippen MR) is 103 cm³/mol. The van der Waals surface area contributed by atoms with Gasteiger partial charge in [0.05, 0.1) is 6.54 Å². The summed E-state index contributed by atoms with van der Waals surface area (Å²) in [6.45, 7) is 8.84. The second-order valence-electron chi connectivity index (χ2n) is 7.05. The van der Waals surface area contributed by atoms with Crippen LogP contribution in [0.15, 0.2) is 42.5 Å². The van der Waals surface area contributed by atoms with Gasteiger partial charge in [-0.25, -0.2) is 4.39 Å². The summed E-state index contributed by atoms with van der Waals surface area (Å²) < 4.78 is 13.0. The smallest absolute Gasteiger partial charge is 0.238 e. The van der Waals surface area contributed by atoms with Gasteiger partial charge in [-0.1, -0.05) is 29.8 Å². The Balaban J connectivity index is 1.44. The van der Waals surface area contributed by atoms with E-state index in [0.29, 0.717) is 6.54 Å². The first kappa shape index (κ1) is 18.5. The summed E-state index contributed by atoms with van der Waals surface area (Å²) in [4.78, 5) is 16.8. The Morgan fingerprint density at radius 3 is 2.31 bits per heavy atom. The van der Waals surface area contributed by atoms with Crippen molar-refractivity contribution < 1.29 is 9.18 Å². The minimum atomic E-state index is -0.201. The number of hydrogen-bond acceptors (Lipinski definition) is 3. The third kappa shape index (κ3) is 5.13. The Hall–Kier alpha value is -2.24.